The van der Waals surface area contributed by atoms with Gasteiger partial charge in [-0.25, -0.2) is 0 Å². The van der Waals surface area contributed by atoms with Gasteiger partial charge in [-0.05, 0) is 63.2 Å². The fraction of sp³-hybridized carbons (Fsp3) is 0.348. The topological polar surface area (TPSA) is 78.3 Å². The van der Waals surface area contributed by atoms with E-state index in [0.717, 1.165) is 30.0 Å². The molecule has 2 aromatic carbocycles. The van der Waals surface area contributed by atoms with Crippen LogP contribution in [0.15, 0.2) is 47.6 Å². The number of methoxy groups -OCH3 is 1. The standard InChI is InChI=1S/C23H24ClF3N4O3S/c1-13(2)31-21(14(3)34-17-8-6-16(33-4)7-9-17)29-30-22(31)35-12-20(32)28-19-11-15(23(25,26)27)5-10-18(19)24/h5-11,13-14H,12H2,1-4H3,(H,28,32). The first-order chi connectivity index (χ1) is 16.5. The Bertz CT molecular complexity index is 1170. The first-order valence-electron chi connectivity index (χ1n) is 10.5. The zero-order valence-electron chi connectivity index (χ0n) is 19.4. The highest BCUT2D eigenvalue weighted by molar-refractivity contribution is 7.99. The third-order valence-corrected chi connectivity index (χ3v) is 6.12. The van der Waals surface area contributed by atoms with E-state index in [4.69, 9.17) is 21.1 Å². The molecule has 0 aliphatic rings. The molecule has 1 aromatic heterocycles. The van der Waals surface area contributed by atoms with Crippen LogP contribution in [0.4, 0.5) is 18.9 Å². The second kappa shape index (κ2) is 11.2. The first-order valence-corrected chi connectivity index (χ1v) is 11.9. The maximum Gasteiger partial charge on any atom is 0.416 e. The normalized spacial score (nSPS) is 12.5. The maximum absolute atomic E-state index is 13.0. The number of hydrogen-bond acceptors (Lipinski definition) is 6. The Labute approximate surface area is 210 Å². The maximum atomic E-state index is 13.0. The molecule has 0 fully saturated rings. The Kier molecular flexibility index (Phi) is 8.55. The zero-order chi connectivity index (χ0) is 25.8. The van der Waals surface area contributed by atoms with Gasteiger partial charge in [0.25, 0.3) is 0 Å². The molecule has 0 bridgehead atoms. The van der Waals surface area contributed by atoms with E-state index in [1.165, 1.54) is 0 Å². The fourth-order valence-electron chi connectivity index (χ4n) is 3.17. The smallest absolute Gasteiger partial charge is 0.416 e. The average molecular weight is 529 g/mol. The lowest BCUT2D eigenvalue weighted by molar-refractivity contribution is -0.137. The van der Waals surface area contributed by atoms with Crippen LogP contribution in [-0.2, 0) is 11.0 Å². The second-order valence-corrected chi connectivity index (χ2v) is 9.12. The SMILES string of the molecule is COc1ccc(OC(C)c2nnc(SCC(=O)Nc3cc(C(F)(F)F)ccc3Cl)n2C(C)C)cc1. The molecule has 1 N–H and O–H groups in total. The highest BCUT2D eigenvalue weighted by Crippen LogP contribution is 2.34. The van der Waals surface area contributed by atoms with Crippen molar-refractivity contribution in [1.82, 2.24) is 14.8 Å². The molecule has 0 radical (unpaired) electrons. The number of halogens is 4. The molecule has 0 aliphatic heterocycles. The summed E-state index contributed by atoms with van der Waals surface area (Å²) in [5, 5.41) is 11.4. The Morgan fingerprint density at radius 1 is 1.11 bits per heavy atom. The van der Waals surface area contributed by atoms with Gasteiger partial charge in [-0.1, -0.05) is 23.4 Å². The van der Waals surface area contributed by atoms with E-state index in [9.17, 15) is 18.0 Å². The van der Waals surface area contributed by atoms with Crippen LogP contribution in [0, 0.1) is 0 Å². The van der Waals surface area contributed by atoms with Crippen LogP contribution in [0.5, 0.6) is 11.5 Å². The van der Waals surface area contributed by atoms with Crippen LogP contribution >= 0.6 is 23.4 Å². The van der Waals surface area contributed by atoms with Gasteiger partial charge >= 0.3 is 6.18 Å². The Hall–Kier alpha value is -2.92. The monoisotopic (exact) mass is 528 g/mol. The molecule has 0 saturated heterocycles. The lowest BCUT2D eigenvalue weighted by Gasteiger charge is -2.19. The van der Waals surface area contributed by atoms with Crippen LogP contribution in [0.25, 0.3) is 0 Å². The van der Waals surface area contributed by atoms with Crippen LogP contribution < -0.4 is 14.8 Å². The quantitative estimate of drug-likeness (QED) is 0.323. The number of alkyl halides is 3. The molecule has 3 aromatic rings. The van der Waals surface area contributed by atoms with E-state index >= 15 is 0 Å². The lowest BCUT2D eigenvalue weighted by atomic mass is 10.2. The van der Waals surface area contributed by atoms with Crippen LogP contribution in [-0.4, -0.2) is 33.5 Å². The molecule has 0 aliphatic carbocycles. The summed E-state index contributed by atoms with van der Waals surface area (Å²) in [5.41, 5.74) is -1.01. The van der Waals surface area contributed by atoms with Crippen molar-refractivity contribution in [3.8, 4) is 11.5 Å². The molecule has 1 unspecified atom stereocenters. The summed E-state index contributed by atoms with van der Waals surface area (Å²) in [4.78, 5) is 12.5. The highest BCUT2D eigenvalue weighted by Gasteiger charge is 2.31. The predicted octanol–water partition coefficient (Wildman–Crippen LogP) is 6.41. The van der Waals surface area contributed by atoms with E-state index in [1.807, 2.05) is 25.3 Å². The second-order valence-electron chi connectivity index (χ2n) is 7.77. The molecular formula is C23H24ClF3N4O3S. The predicted molar refractivity (Wildman–Crippen MR) is 128 cm³/mol. The van der Waals surface area contributed by atoms with Gasteiger partial charge in [0, 0.05) is 6.04 Å². The lowest BCUT2D eigenvalue weighted by Crippen LogP contribution is -2.17. The van der Waals surface area contributed by atoms with Gasteiger partial charge in [-0.3, -0.25) is 4.79 Å². The molecule has 35 heavy (non-hydrogen) atoms. The van der Waals surface area contributed by atoms with Crippen molar-refractivity contribution in [2.45, 2.75) is 44.2 Å². The summed E-state index contributed by atoms with van der Waals surface area (Å²) in [7, 11) is 1.58. The van der Waals surface area contributed by atoms with Gasteiger partial charge in [0.2, 0.25) is 5.91 Å². The zero-order valence-corrected chi connectivity index (χ0v) is 21.0. The largest absolute Gasteiger partial charge is 0.497 e. The number of ether oxygens (including phenoxy) is 2. The highest BCUT2D eigenvalue weighted by atomic mass is 35.5. The number of amides is 1. The minimum Gasteiger partial charge on any atom is -0.497 e. The first kappa shape index (κ1) is 26.7. The Morgan fingerprint density at radius 2 is 1.77 bits per heavy atom. The summed E-state index contributed by atoms with van der Waals surface area (Å²) in [6.07, 6.45) is -4.99. The number of nitrogens with one attached hydrogen (secondary N) is 1. The summed E-state index contributed by atoms with van der Waals surface area (Å²) < 4.78 is 51.9. The molecular weight excluding hydrogens is 505 g/mol. The number of thioether (sulfide) groups is 1. The van der Waals surface area contributed by atoms with Crippen molar-refractivity contribution in [1.29, 1.82) is 0 Å². The van der Waals surface area contributed by atoms with Crippen molar-refractivity contribution in [3.05, 3.63) is 58.9 Å². The minimum atomic E-state index is -4.55. The number of anilines is 1. The molecule has 12 heteroatoms. The summed E-state index contributed by atoms with van der Waals surface area (Å²) in [6, 6.07) is 9.85. The molecule has 1 heterocycles. The van der Waals surface area contributed by atoms with Gasteiger partial charge in [0.05, 0.1) is 29.1 Å². The summed E-state index contributed by atoms with van der Waals surface area (Å²) in [5.74, 6) is 1.27. The van der Waals surface area contributed by atoms with E-state index in [-0.39, 0.29) is 22.5 Å². The van der Waals surface area contributed by atoms with Crippen molar-refractivity contribution in [2.24, 2.45) is 0 Å². The Morgan fingerprint density at radius 3 is 2.37 bits per heavy atom. The van der Waals surface area contributed by atoms with Crippen molar-refractivity contribution >= 4 is 35.0 Å². The van der Waals surface area contributed by atoms with Gasteiger partial charge in [0.15, 0.2) is 17.1 Å². The number of aromatic nitrogens is 3. The van der Waals surface area contributed by atoms with Crippen LogP contribution in [0.2, 0.25) is 5.02 Å². The Balaban J connectivity index is 1.69. The fourth-order valence-corrected chi connectivity index (χ4v) is 4.21. The van der Waals surface area contributed by atoms with Gasteiger partial charge < -0.3 is 19.4 Å². The van der Waals surface area contributed by atoms with E-state index < -0.39 is 23.8 Å². The number of benzene rings is 2. The number of carbonyl (C=O) groups excluding carboxylic acids is 1. The summed E-state index contributed by atoms with van der Waals surface area (Å²) in [6.45, 7) is 5.73. The van der Waals surface area contributed by atoms with Crippen molar-refractivity contribution in [3.63, 3.8) is 0 Å². The van der Waals surface area contributed by atoms with Gasteiger partial charge in [0.1, 0.15) is 11.5 Å². The molecule has 3 rings (SSSR count). The van der Waals surface area contributed by atoms with Crippen LogP contribution in [0.3, 0.4) is 0 Å². The number of hydrogen-bond donors (Lipinski definition) is 1. The van der Waals surface area contributed by atoms with Crippen molar-refractivity contribution in [2.75, 3.05) is 18.2 Å². The minimum absolute atomic E-state index is 0.00786. The summed E-state index contributed by atoms with van der Waals surface area (Å²) >= 11 is 7.07. The molecule has 0 spiro atoms. The van der Waals surface area contributed by atoms with Crippen molar-refractivity contribution < 1.29 is 27.4 Å². The third-order valence-electron chi connectivity index (χ3n) is 4.84. The van der Waals surface area contributed by atoms with Crippen LogP contribution in [0.1, 0.15) is 44.3 Å². The number of nitrogens with zero attached hydrogens (tertiary/aromatic N) is 3. The number of rotatable bonds is 9. The molecule has 1 atom stereocenters. The van der Waals surface area contributed by atoms with E-state index in [2.05, 4.69) is 15.5 Å². The van der Waals surface area contributed by atoms with E-state index in [0.29, 0.717) is 22.5 Å². The molecule has 0 saturated carbocycles. The third kappa shape index (κ3) is 6.82. The molecule has 1 amide bonds. The average Bonchev–Trinajstić information content (AvgIpc) is 3.23. The van der Waals surface area contributed by atoms with Gasteiger partial charge in [-0.15, -0.1) is 10.2 Å². The van der Waals surface area contributed by atoms with Gasteiger partial charge in [-0.2, -0.15) is 13.2 Å². The number of carbonyl (C=O) groups is 1. The molecule has 7 nitrogen and oxygen atoms in total. The van der Waals surface area contributed by atoms with E-state index in [1.54, 1.807) is 31.4 Å². The molecule has 188 valence electrons.